The smallest absolute Gasteiger partial charge is 0.269 e. The van der Waals surface area contributed by atoms with Gasteiger partial charge < -0.3 is 10.2 Å². The first-order valence-electron chi connectivity index (χ1n) is 5.96. The van der Waals surface area contributed by atoms with Crippen LogP contribution in [0.1, 0.15) is 0 Å². The van der Waals surface area contributed by atoms with Gasteiger partial charge in [-0.15, -0.1) is 0 Å². The maximum Gasteiger partial charge on any atom is 0.269 e. The number of nitrogens with zero attached hydrogens (tertiary/aromatic N) is 2. The molecule has 1 aliphatic heterocycles. The van der Waals surface area contributed by atoms with Crippen LogP contribution in [0.2, 0.25) is 0 Å². The third-order valence-electron chi connectivity index (χ3n) is 2.57. The van der Waals surface area contributed by atoms with Crippen LogP contribution >= 0.6 is 0 Å². The normalized spacial score (nSPS) is 14.0. The van der Waals surface area contributed by atoms with Gasteiger partial charge in [0, 0.05) is 38.3 Å². The lowest BCUT2D eigenvalue weighted by Gasteiger charge is -2.25. The number of carbonyl (C=O) groups is 1. The van der Waals surface area contributed by atoms with Crippen molar-refractivity contribution in [3.05, 3.63) is 53.1 Å². The predicted molar refractivity (Wildman–Crippen MR) is 72.7 cm³/mol. The number of para-hydroxylation sites is 1. The molecule has 0 radical (unpaired) electrons. The minimum Gasteiger partial charge on any atom is -0.337 e. The maximum absolute atomic E-state index is 10.9. The first kappa shape index (κ1) is 14.8. The van der Waals surface area contributed by atoms with Gasteiger partial charge in [0.2, 0.25) is 5.91 Å². The van der Waals surface area contributed by atoms with E-state index in [-0.39, 0.29) is 11.6 Å². The number of hydrogen-bond acceptors (Lipinski definition) is 4. The Morgan fingerprint density at radius 3 is 2.32 bits per heavy atom. The molecule has 2 rings (SSSR count). The van der Waals surface area contributed by atoms with Crippen molar-refractivity contribution in [1.29, 1.82) is 0 Å². The molecule has 0 bridgehead atoms. The van der Waals surface area contributed by atoms with Crippen LogP contribution in [-0.2, 0) is 4.79 Å². The van der Waals surface area contributed by atoms with Gasteiger partial charge in [0.05, 0.1) is 4.92 Å². The fourth-order valence-electron chi connectivity index (χ4n) is 1.56. The first-order valence-corrected chi connectivity index (χ1v) is 5.96. The van der Waals surface area contributed by atoms with Gasteiger partial charge in [0.25, 0.3) is 5.69 Å². The van der Waals surface area contributed by atoms with Crippen molar-refractivity contribution in [2.75, 3.05) is 26.2 Å². The highest BCUT2D eigenvalue weighted by Crippen LogP contribution is 2.06. The molecule has 1 aliphatic rings. The standard InChI is InChI=1S/C7H12N2O.C6H5NO2/c1-2-7(10)9-5-3-8-4-6-9;8-7(9)6-4-2-1-3-5-6/h2,8H,1,3-6H2;1-5H. The summed E-state index contributed by atoms with van der Waals surface area (Å²) < 4.78 is 0. The summed E-state index contributed by atoms with van der Waals surface area (Å²) >= 11 is 0. The molecule has 0 saturated carbocycles. The van der Waals surface area contributed by atoms with E-state index in [0.29, 0.717) is 0 Å². The molecule has 1 heterocycles. The minimum atomic E-state index is -0.417. The maximum atomic E-state index is 10.9. The Morgan fingerprint density at radius 1 is 1.32 bits per heavy atom. The number of non-ortho nitro benzene ring substituents is 1. The molecule has 0 unspecified atom stereocenters. The summed E-state index contributed by atoms with van der Waals surface area (Å²) in [6.07, 6.45) is 1.37. The molecular weight excluding hydrogens is 246 g/mol. The predicted octanol–water partition coefficient (Wildman–Crippen LogP) is 1.20. The van der Waals surface area contributed by atoms with Crippen LogP contribution in [0.4, 0.5) is 5.69 Å². The van der Waals surface area contributed by atoms with Gasteiger partial charge >= 0.3 is 0 Å². The summed E-state index contributed by atoms with van der Waals surface area (Å²) in [6, 6.07) is 7.93. The zero-order valence-corrected chi connectivity index (χ0v) is 10.6. The zero-order chi connectivity index (χ0) is 14.1. The van der Waals surface area contributed by atoms with Crippen molar-refractivity contribution in [1.82, 2.24) is 10.2 Å². The monoisotopic (exact) mass is 263 g/mol. The fraction of sp³-hybridized carbons (Fsp3) is 0.308. The summed E-state index contributed by atoms with van der Waals surface area (Å²) in [7, 11) is 0. The lowest BCUT2D eigenvalue weighted by atomic mass is 10.3. The molecule has 102 valence electrons. The van der Waals surface area contributed by atoms with Crippen LogP contribution in [0.3, 0.4) is 0 Å². The zero-order valence-electron chi connectivity index (χ0n) is 10.6. The number of amides is 1. The number of carbonyl (C=O) groups excluding carboxylic acids is 1. The van der Waals surface area contributed by atoms with Gasteiger partial charge in [-0.25, -0.2) is 0 Å². The van der Waals surface area contributed by atoms with Crippen molar-refractivity contribution in [2.45, 2.75) is 0 Å². The molecule has 1 saturated heterocycles. The summed E-state index contributed by atoms with van der Waals surface area (Å²) in [5.74, 6) is 0.0431. The summed E-state index contributed by atoms with van der Waals surface area (Å²) in [5, 5.41) is 13.2. The second kappa shape index (κ2) is 7.99. The number of rotatable bonds is 2. The van der Waals surface area contributed by atoms with Crippen molar-refractivity contribution in [2.24, 2.45) is 0 Å². The molecule has 0 aromatic heterocycles. The van der Waals surface area contributed by atoms with Crippen LogP contribution in [-0.4, -0.2) is 41.9 Å². The lowest BCUT2D eigenvalue weighted by molar-refractivity contribution is -0.384. The molecule has 19 heavy (non-hydrogen) atoms. The van der Waals surface area contributed by atoms with Gasteiger partial charge in [0.1, 0.15) is 0 Å². The van der Waals surface area contributed by atoms with Gasteiger partial charge in [-0.2, -0.15) is 0 Å². The second-order valence-electron chi connectivity index (χ2n) is 3.87. The van der Waals surface area contributed by atoms with Crippen LogP contribution in [0.25, 0.3) is 0 Å². The van der Waals surface area contributed by atoms with E-state index in [2.05, 4.69) is 11.9 Å². The Labute approximate surface area is 111 Å². The second-order valence-corrected chi connectivity index (χ2v) is 3.87. The first-order chi connectivity index (χ1) is 9.15. The highest BCUT2D eigenvalue weighted by atomic mass is 16.6. The lowest BCUT2D eigenvalue weighted by Crippen LogP contribution is -2.45. The Hall–Kier alpha value is -2.21. The SMILES string of the molecule is C=CC(=O)N1CCNCC1.O=[N+]([O-])c1ccccc1. The molecule has 0 atom stereocenters. The molecular formula is C13H17N3O3. The number of nitrogens with one attached hydrogen (secondary N) is 1. The van der Waals surface area contributed by atoms with E-state index in [9.17, 15) is 14.9 Å². The number of benzene rings is 1. The van der Waals surface area contributed by atoms with Crippen LogP contribution in [0.15, 0.2) is 43.0 Å². The topological polar surface area (TPSA) is 75.5 Å². The molecule has 1 amide bonds. The molecule has 1 fully saturated rings. The summed E-state index contributed by atoms with van der Waals surface area (Å²) in [5.41, 5.74) is 0.137. The van der Waals surface area contributed by atoms with Gasteiger partial charge in [0.15, 0.2) is 0 Å². The Bertz CT molecular complexity index is 428. The van der Waals surface area contributed by atoms with Crippen LogP contribution in [0, 0.1) is 10.1 Å². The quantitative estimate of drug-likeness (QED) is 0.494. The van der Waals surface area contributed by atoms with Crippen molar-refractivity contribution in [3.8, 4) is 0 Å². The highest BCUT2D eigenvalue weighted by molar-refractivity contribution is 5.87. The average molecular weight is 263 g/mol. The molecule has 6 heteroatoms. The Morgan fingerprint density at radius 2 is 1.89 bits per heavy atom. The van der Waals surface area contributed by atoms with Crippen molar-refractivity contribution < 1.29 is 9.72 Å². The number of nitro benzene ring substituents is 1. The van der Waals surface area contributed by atoms with E-state index in [4.69, 9.17) is 0 Å². The molecule has 1 N–H and O–H groups in total. The van der Waals surface area contributed by atoms with Gasteiger partial charge in [-0.3, -0.25) is 14.9 Å². The third-order valence-corrected chi connectivity index (χ3v) is 2.57. The molecule has 0 spiro atoms. The van der Waals surface area contributed by atoms with Crippen molar-refractivity contribution >= 4 is 11.6 Å². The largest absolute Gasteiger partial charge is 0.337 e. The molecule has 1 aromatic rings. The number of piperazine rings is 1. The van der Waals surface area contributed by atoms with E-state index in [1.807, 2.05) is 0 Å². The van der Waals surface area contributed by atoms with Crippen molar-refractivity contribution in [3.63, 3.8) is 0 Å². The van der Waals surface area contributed by atoms with Crippen LogP contribution < -0.4 is 5.32 Å². The molecule has 6 nitrogen and oxygen atoms in total. The molecule has 0 aliphatic carbocycles. The average Bonchev–Trinajstić information content (AvgIpc) is 2.49. The Balaban J connectivity index is 0.000000191. The van der Waals surface area contributed by atoms with E-state index >= 15 is 0 Å². The van der Waals surface area contributed by atoms with Gasteiger partial charge in [-0.1, -0.05) is 24.8 Å². The Kier molecular flexibility index (Phi) is 6.25. The number of hydrogen-bond donors (Lipinski definition) is 1. The third kappa shape index (κ3) is 5.31. The van der Waals surface area contributed by atoms with E-state index in [0.717, 1.165) is 26.2 Å². The fourth-order valence-corrected chi connectivity index (χ4v) is 1.56. The highest BCUT2D eigenvalue weighted by Gasteiger charge is 2.11. The minimum absolute atomic E-state index is 0.0431. The van der Waals surface area contributed by atoms with Gasteiger partial charge in [-0.05, 0) is 6.08 Å². The molecule has 1 aromatic carbocycles. The van der Waals surface area contributed by atoms with E-state index < -0.39 is 4.92 Å². The number of nitro groups is 1. The van der Waals surface area contributed by atoms with Crippen LogP contribution in [0.5, 0.6) is 0 Å². The van der Waals surface area contributed by atoms with E-state index in [1.165, 1.54) is 18.2 Å². The summed E-state index contributed by atoms with van der Waals surface area (Å²) in [4.78, 5) is 22.3. The van der Waals surface area contributed by atoms with E-state index in [1.54, 1.807) is 23.1 Å². The summed E-state index contributed by atoms with van der Waals surface area (Å²) in [6.45, 7) is 6.85.